The molecule has 1 saturated heterocycles. The van der Waals surface area contributed by atoms with Gasteiger partial charge in [0.25, 0.3) is 11.8 Å². The van der Waals surface area contributed by atoms with Gasteiger partial charge in [0.15, 0.2) is 0 Å². The first kappa shape index (κ1) is 22.6. The number of alkyl halides is 2. The third kappa shape index (κ3) is 4.64. The fourth-order valence-electron chi connectivity index (χ4n) is 3.91. The summed E-state index contributed by atoms with van der Waals surface area (Å²) in [7, 11) is 0. The van der Waals surface area contributed by atoms with E-state index < -0.39 is 42.8 Å². The highest BCUT2D eigenvalue weighted by Gasteiger charge is 2.48. The summed E-state index contributed by atoms with van der Waals surface area (Å²) in [4.78, 5) is 30.8. The predicted octanol–water partition coefficient (Wildman–Crippen LogP) is 4.43. The van der Waals surface area contributed by atoms with Crippen molar-refractivity contribution < 1.29 is 18.4 Å². The van der Waals surface area contributed by atoms with Crippen LogP contribution >= 0.6 is 11.6 Å². The number of amides is 2. The van der Waals surface area contributed by atoms with E-state index in [0.717, 1.165) is 16.0 Å². The Morgan fingerprint density at radius 3 is 2.61 bits per heavy atom. The number of hydrogen-bond donors (Lipinski definition) is 1. The average molecular weight is 469 g/mol. The molecule has 33 heavy (non-hydrogen) atoms. The Hall–Kier alpha value is -3.57. The van der Waals surface area contributed by atoms with E-state index in [1.54, 1.807) is 24.3 Å². The van der Waals surface area contributed by atoms with Gasteiger partial charge in [0, 0.05) is 23.0 Å². The number of aromatic nitrogens is 1. The van der Waals surface area contributed by atoms with Gasteiger partial charge in [0.1, 0.15) is 12.1 Å². The third-order valence-corrected chi connectivity index (χ3v) is 5.84. The molecule has 3 aromatic rings. The fourth-order valence-corrected chi connectivity index (χ4v) is 4.04. The minimum absolute atomic E-state index is 0.291. The lowest BCUT2D eigenvalue weighted by molar-refractivity contribution is -0.134. The summed E-state index contributed by atoms with van der Waals surface area (Å²) in [5, 5.41) is 12.9. The molecule has 0 aliphatic carbocycles. The highest BCUT2D eigenvalue weighted by atomic mass is 35.5. The number of nitrogens with zero attached hydrogens (tertiary/aromatic N) is 3. The van der Waals surface area contributed by atoms with E-state index in [2.05, 4.69) is 10.3 Å². The zero-order valence-corrected chi connectivity index (χ0v) is 18.3. The monoisotopic (exact) mass is 468 g/mol. The smallest absolute Gasteiger partial charge is 0.268 e. The summed E-state index contributed by atoms with van der Waals surface area (Å²) in [6.07, 6.45) is 0.775. The molecule has 2 heterocycles. The lowest BCUT2D eigenvalue weighted by Crippen LogP contribution is -2.48. The number of pyridine rings is 1. The maximum Gasteiger partial charge on any atom is 0.268 e. The second kappa shape index (κ2) is 8.75. The van der Waals surface area contributed by atoms with Crippen molar-refractivity contribution in [3.8, 4) is 17.2 Å². The zero-order chi connectivity index (χ0) is 23.8. The Morgan fingerprint density at radius 1 is 1.21 bits per heavy atom. The second-order valence-electron chi connectivity index (χ2n) is 7.96. The molecule has 1 aliphatic rings. The van der Waals surface area contributed by atoms with Gasteiger partial charge in [-0.3, -0.25) is 14.6 Å². The number of benzene rings is 2. The van der Waals surface area contributed by atoms with Gasteiger partial charge in [0.05, 0.1) is 23.7 Å². The summed E-state index contributed by atoms with van der Waals surface area (Å²) >= 11 is 5.96. The number of rotatable bonds is 4. The summed E-state index contributed by atoms with van der Waals surface area (Å²) in [6, 6.07) is 13.7. The van der Waals surface area contributed by atoms with Crippen molar-refractivity contribution in [1.29, 1.82) is 5.26 Å². The second-order valence-corrected chi connectivity index (χ2v) is 8.40. The lowest BCUT2D eigenvalue weighted by atomic mass is 10.0. The van der Waals surface area contributed by atoms with Gasteiger partial charge in [-0.25, -0.2) is 8.78 Å². The van der Waals surface area contributed by atoms with E-state index in [-0.39, 0.29) is 0 Å². The topological polar surface area (TPSA) is 86.1 Å². The molecule has 1 aliphatic heterocycles. The van der Waals surface area contributed by atoms with E-state index in [4.69, 9.17) is 16.9 Å². The summed E-state index contributed by atoms with van der Waals surface area (Å²) in [5.41, 5.74) is 2.63. The van der Waals surface area contributed by atoms with Crippen molar-refractivity contribution >= 4 is 34.3 Å². The predicted molar refractivity (Wildman–Crippen MR) is 120 cm³/mol. The van der Waals surface area contributed by atoms with Crippen LogP contribution in [-0.4, -0.2) is 46.2 Å². The van der Waals surface area contributed by atoms with Crippen LogP contribution in [0.15, 0.2) is 54.7 Å². The molecule has 9 heteroatoms. The Balaban J connectivity index is 1.59. The van der Waals surface area contributed by atoms with E-state index >= 15 is 0 Å². The van der Waals surface area contributed by atoms with Crippen LogP contribution in [0.3, 0.4) is 0 Å². The first-order valence-electron chi connectivity index (χ1n) is 10.2. The first-order chi connectivity index (χ1) is 15.7. The molecule has 6 nitrogen and oxygen atoms in total. The third-order valence-electron chi connectivity index (χ3n) is 5.58. The minimum Gasteiger partial charge on any atom is -0.340 e. The maximum absolute atomic E-state index is 13.7. The summed E-state index contributed by atoms with van der Waals surface area (Å²) in [5.74, 6) is -4.40. The molecule has 0 radical (unpaired) electrons. The maximum atomic E-state index is 13.7. The number of nitriles is 1. The number of halogens is 3. The Bertz CT molecular complexity index is 1270. The highest BCUT2D eigenvalue weighted by Crippen LogP contribution is 2.32. The van der Waals surface area contributed by atoms with E-state index in [1.165, 1.54) is 19.2 Å². The highest BCUT2D eigenvalue weighted by molar-refractivity contribution is 6.30. The Labute approximate surface area is 193 Å². The van der Waals surface area contributed by atoms with Gasteiger partial charge >= 0.3 is 0 Å². The molecule has 1 N–H and O–H groups in total. The van der Waals surface area contributed by atoms with Crippen LogP contribution < -0.4 is 5.32 Å². The number of carbonyl (C=O) groups is 2. The van der Waals surface area contributed by atoms with Crippen LogP contribution in [0, 0.1) is 11.3 Å². The van der Waals surface area contributed by atoms with Gasteiger partial charge in [0.2, 0.25) is 5.91 Å². The number of hydrogen-bond acceptors (Lipinski definition) is 4. The normalized spacial score (nSPS) is 18.0. The summed E-state index contributed by atoms with van der Waals surface area (Å²) < 4.78 is 27.4. The van der Waals surface area contributed by atoms with Gasteiger partial charge in [-0.1, -0.05) is 29.8 Å². The largest absolute Gasteiger partial charge is 0.340 e. The van der Waals surface area contributed by atoms with Crippen molar-refractivity contribution in [2.24, 2.45) is 0 Å². The average Bonchev–Trinajstić information content (AvgIpc) is 3.12. The Morgan fingerprint density at radius 2 is 1.91 bits per heavy atom. The minimum atomic E-state index is -3.13. The van der Waals surface area contributed by atoms with E-state index in [9.17, 15) is 18.4 Å². The number of fused-ring (bicyclic) bond motifs is 1. The molecule has 4 rings (SSSR count). The van der Waals surface area contributed by atoms with Crippen LogP contribution in [0.4, 0.5) is 8.78 Å². The van der Waals surface area contributed by atoms with Crippen molar-refractivity contribution in [2.45, 2.75) is 31.4 Å². The summed E-state index contributed by atoms with van der Waals surface area (Å²) in [6.45, 7) is 0.570. The van der Waals surface area contributed by atoms with Gasteiger partial charge in [-0.05, 0) is 48.4 Å². The molecular weight excluding hydrogens is 450 g/mol. The SMILES string of the molecule is C[C@@H](NC(=O)c1ccnc2ccc(-c3ccc(Cl)cc3)cc12)C(=O)N1CC(F)(F)C[C@H]1C#N. The van der Waals surface area contributed by atoms with Crippen molar-refractivity contribution in [3.05, 3.63) is 65.3 Å². The van der Waals surface area contributed by atoms with Crippen LogP contribution in [0.2, 0.25) is 5.02 Å². The standard InChI is InChI=1S/C24H19ClF2N4O2/c1-14(23(33)31-13-24(26,27)11-18(31)12-28)30-22(32)19-8-9-29-21-7-4-16(10-20(19)21)15-2-5-17(25)6-3-15/h2-10,14,18H,11,13H2,1H3,(H,30,32)/t14-,18+/m1/s1. The van der Waals surface area contributed by atoms with Crippen LogP contribution in [0.25, 0.3) is 22.0 Å². The molecule has 0 unspecified atom stereocenters. The van der Waals surface area contributed by atoms with E-state index in [0.29, 0.717) is 21.5 Å². The van der Waals surface area contributed by atoms with E-state index in [1.807, 2.05) is 24.3 Å². The van der Waals surface area contributed by atoms with Gasteiger partial charge in [-0.15, -0.1) is 0 Å². The van der Waals surface area contributed by atoms with Gasteiger partial charge < -0.3 is 10.2 Å². The molecule has 1 aromatic heterocycles. The first-order valence-corrected chi connectivity index (χ1v) is 10.6. The van der Waals surface area contributed by atoms with Crippen molar-refractivity contribution in [1.82, 2.24) is 15.2 Å². The molecule has 2 atom stereocenters. The van der Waals surface area contributed by atoms with Crippen LogP contribution in [0.5, 0.6) is 0 Å². The molecule has 2 amide bonds. The molecule has 168 valence electrons. The molecule has 0 saturated carbocycles. The van der Waals surface area contributed by atoms with Crippen molar-refractivity contribution in [3.63, 3.8) is 0 Å². The quantitative estimate of drug-likeness (QED) is 0.613. The molecule has 1 fully saturated rings. The zero-order valence-electron chi connectivity index (χ0n) is 17.6. The Kier molecular flexibility index (Phi) is 6.00. The van der Waals surface area contributed by atoms with Crippen LogP contribution in [-0.2, 0) is 4.79 Å². The number of carbonyl (C=O) groups excluding carboxylic acids is 2. The number of likely N-dealkylation sites (tertiary alicyclic amines) is 1. The molecule has 0 spiro atoms. The number of nitrogens with one attached hydrogen (secondary N) is 1. The van der Waals surface area contributed by atoms with Gasteiger partial charge in [-0.2, -0.15) is 5.26 Å². The molecule has 0 bridgehead atoms. The molecular formula is C24H19ClF2N4O2. The van der Waals surface area contributed by atoms with Crippen molar-refractivity contribution in [2.75, 3.05) is 6.54 Å². The lowest BCUT2D eigenvalue weighted by Gasteiger charge is -2.23. The molecule has 2 aromatic carbocycles. The fraction of sp³-hybridized carbons (Fsp3) is 0.250. The van der Waals surface area contributed by atoms with Crippen LogP contribution in [0.1, 0.15) is 23.7 Å².